The van der Waals surface area contributed by atoms with Crippen LogP contribution < -0.4 is 5.32 Å². The Hall–Kier alpha value is -2.00. The minimum atomic E-state index is -1.06. The van der Waals surface area contributed by atoms with Crippen molar-refractivity contribution in [3.63, 3.8) is 0 Å². The van der Waals surface area contributed by atoms with Crippen LogP contribution in [-0.2, 0) is 26.2 Å². The summed E-state index contributed by atoms with van der Waals surface area (Å²) in [5.41, 5.74) is 0.336. The molecular weight excluding hydrogens is 334 g/mol. The second kappa shape index (κ2) is 8.20. The molecular formula is C15H19N3O5S. The van der Waals surface area contributed by atoms with Crippen molar-refractivity contribution in [2.45, 2.75) is 37.5 Å². The molecule has 0 saturated carbocycles. The minimum absolute atomic E-state index is 0.236. The van der Waals surface area contributed by atoms with E-state index in [0.717, 1.165) is 6.42 Å². The molecule has 9 heteroatoms. The number of ketones is 1. The lowest BCUT2D eigenvalue weighted by molar-refractivity contribution is -0.160. The standard InChI is InChI=1S/C15H19N3O5S/c1-9(19)24-13(6-12(20)10-7-17-18(2)8-10)15(22)23-14(21)11-4-3-5-16-11/h7-8,11,13,16H,3-6H2,1-2H3/t11-,13?/m0/s1. The van der Waals surface area contributed by atoms with Gasteiger partial charge in [-0.1, -0.05) is 11.8 Å². The molecule has 0 bridgehead atoms. The predicted octanol–water partition coefficient (Wildman–Crippen LogP) is 0.463. The number of esters is 2. The highest BCUT2D eigenvalue weighted by Crippen LogP contribution is 2.20. The Labute approximate surface area is 143 Å². The molecule has 0 aliphatic carbocycles. The Balaban J connectivity index is 2.00. The molecule has 1 aromatic heterocycles. The third-order valence-electron chi connectivity index (χ3n) is 3.51. The van der Waals surface area contributed by atoms with Gasteiger partial charge in [0.15, 0.2) is 10.9 Å². The van der Waals surface area contributed by atoms with Gasteiger partial charge in [0.25, 0.3) is 0 Å². The van der Waals surface area contributed by atoms with Crippen LogP contribution in [0.15, 0.2) is 12.4 Å². The van der Waals surface area contributed by atoms with E-state index in [4.69, 9.17) is 4.74 Å². The second-order valence-corrected chi connectivity index (χ2v) is 6.90. The van der Waals surface area contributed by atoms with E-state index in [1.807, 2.05) is 0 Å². The lowest BCUT2D eigenvalue weighted by atomic mass is 10.1. The third-order valence-corrected chi connectivity index (χ3v) is 4.49. The second-order valence-electron chi connectivity index (χ2n) is 5.52. The molecule has 2 rings (SSSR count). The summed E-state index contributed by atoms with van der Waals surface area (Å²) >= 11 is 0.688. The van der Waals surface area contributed by atoms with Crippen LogP contribution in [0.4, 0.5) is 0 Å². The van der Waals surface area contributed by atoms with E-state index in [0.29, 0.717) is 30.3 Å². The number of ether oxygens (including phenoxy) is 1. The van der Waals surface area contributed by atoms with Gasteiger partial charge in [0, 0.05) is 26.6 Å². The lowest BCUT2D eigenvalue weighted by Gasteiger charge is -2.14. The number of hydrogen-bond acceptors (Lipinski definition) is 8. The van der Waals surface area contributed by atoms with Crippen molar-refractivity contribution in [1.29, 1.82) is 0 Å². The number of hydrogen-bond donors (Lipinski definition) is 1. The number of carbonyl (C=O) groups is 4. The first-order valence-electron chi connectivity index (χ1n) is 7.55. The smallest absolute Gasteiger partial charge is 0.330 e. The molecule has 0 spiro atoms. The Morgan fingerprint density at radius 3 is 2.75 bits per heavy atom. The van der Waals surface area contributed by atoms with Gasteiger partial charge in [-0.25, -0.2) is 4.79 Å². The largest absolute Gasteiger partial charge is 0.391 e. The summed E-state index contributed by atoms with van der Waals surface area (Å²) in [5, 5.41) is 5.44. The Bertz CT molecular complexity index is 651. The topological polar surface area (TPSA) is 107 Å². The van der Waals surface area contributed by atoms with Crippen LogP contribution in [0.1, 0.15) is 36.5 Å². The normalized spacial score (nSPS) is 18.2. The molecule has 2 heterocycles. The van der Waals surface area contributed by atoms with Crippen LogP contribution >= 0.6 is 11.8 Å². The van der Waals surface area contributed by atoms with E-state index >= 15 is 0 Å². The van der Waals surface area contributed by atoms with Crippen LogP contribution in [0.25, 0.3) is 0 Å². The highest BCUT2D eigenvalue weighted by atomic mass is 32.2. The summed E-state index contributed by atoms with van der Waals surface area (Å²) < 4.78 is 6.32. The van der Waals surface area contributed by atoms with Crippen LogP contribution in [0, 0.1) is 0 Å². The zero-order chi connectivity index (χ0) is 17.7. The van der Waals surface area contributed by atoms with Gasteiger partial charge >= 0.3 is 11.9 Å². The van der Waals surface area contributed by atoms with E-state index in [1.165, 1.54) is 24.0 Å². The molecule has 1 saturated heterocycles. The maximum absolute atomic E-state index is 12.2. The number of aromatic nitrogens is 2. The molecule has 2 atom stereocenters. The van der Waals surface area contributed by atoms with Gasteiger partial charge in [-0.15, -0.1) is 0 Å². The van der Waals surface area contributed by atoms with Crippen molar-refractivity contribution in [3.05, 3.63) is 18.0 Å². The van der Waals surface area contributed by atoms with Gasteiger partial charge < -0.3 is 10.1 Å². The SMILES string of the molecule is CC(=O)SC(CC(=O)c1cnn(C)c1)C(=O)OC(=O)[C@@H]1CCCN1. The summed E-state index contributed by atoms with van der Waals surface area (Å²) in [5.74, 6) is -1.88. The third kappa shape index (κ3) is 5.00. The molecule has 0 amide bonds. The summed E-state index contributed by atoms with van der Waals surface area (Å²) in [6.45, 7) is 1.99. The molecule has 130 valence electrons. The molecule has 1 fully saturated rings. The highest BCUT2D eigenvalue weighted by Gasteiger charge is 2.32. The Morgan fingerprint density at radius 2 is 2.21 bits per heavy atom. The zero-order valence-corrected chi connectivity index (χ0v) is 14.3. The fourth-order valence-electron chi connectivity index (χ4n) is 2.35. The quantitative estimate of drug-likeness (QED) is 0.447. The Morgan fingerprint density at radius 1 is 1.46 bits per heavy atom. The van der Waals surface area contributed by atoms with Gasteiger partial charge in [0.2, 0.25) is 0 Å². The maximum atomic E-state index is 12.2. The summed E-state index contributed by atoms with van der Waals surface area (Å²) in [6.07, 6.45) is 4.11. The van der Waals surface area contributed by atoms with Crippen molar-refractivity contribution >= 4 is 34.6 Å². The maximum Gasteiger partial charge on any atom is 0.330 e. The lowest BCUT2D eigenvalue weighted by Crippen LogP contribution is -2.36. The predicted molar refractivity (Wildman–Crippen MR) is 86.3 cm³/mol. The fraction of sp³-hybridized carbons (Fsp3) is 0.533. The van der Waals surface area contributed by atoms with Crippen LogP contribution in [0.2, 0.25) is 0 Å². The fourth-order valence-corrected chi connectivity index (χ4v) is 3.13. The van der Waals surface area contributed by atoms with Crippen molar-refractivity contribution in [2.75, 3.05) is 6.54 Å². The van der Waals surface area contributed by atoms with E-state index in [2.05, 4.69) is 10.4 Å². The summed E-state index contributed by atoms with van der Waals surface area (Å²) in [4.78, 5) is 47.7. The van der Waals surface area contributed by atoms with Crippen LogP contribution in [0.3, 0.4) is 0 Å². The van der Waals surface area contributed by atoms with E-state index < -0.39 is 23.2 Å². The molecule has 0 radical (unpaired) electrons. The van der Waals surface area contributed by atoms with Crippen molar-refractivity contribution in [3.8, 4) is 0 Å². The van der Waals surface area contributed by atoms with Gasteiger partial charge in [0.1, 0.15) is 11.3 Å². The first-order valence-corrected chi connectivity index (χ1v) is 8.42. The average Bonchev–Trinajstić information content (AvgIpc) is 3.17. The van der Waals surface area contributed by atoms with Crippen molar-refractivity contribution in [2.24, 2.45) is 7.05 Å². The molecule has 1 N–H and O–H groups in total. The molecule has 1 aromatic rings. The molecule has 0 aromatic carbocycles. The van der Waals surface area contributed by atoms with E-state index in [9.17, 15) is 19.2 Å². The number of nitrogens with zero attached hydrogens (tertiary/aromatic N) is 2. The number of rotatable bonds is 6. The summed E-state index contributed by atoms with van der Waals surface area (Å²) in [7, 11) is 1.67. The first-order chi connectivity index (χ1) is 11.4. The van der Waals surface area contributed by atoms with Crippen LogP contribution in [-0.4, -0.2) is 50.5 Å². The minimum Gasteiger partial charge on any atom is -0.391 e. The van der Waals surface area contributed by atoms with Gasteiger partial charge in [0.05, 0.1) is 11.8 Å². The molecule has 24 heavy (non-hydrogen) atoms. The number of thioether (sulfide) groups is 1. The van der Waals surface area contributed by atoms with Crippen molar-refractivity contribution in [1.82, 2.24) is 15.1 Å². The monoisotopic (exact) mass is 353 g/mol. The average molecular weight is 353 g/mol. The van der Waals surface area contributed by atoms with Crippen LogP contribution in [0.5, 0.6) is 0 Å². The molecule has 8 nitrogen and oxygen atoms in total. The zero-order valence-electron chi connectivity index (χ0n) is 13.5. The molecule has 1 aliphatic rings. The number of aryl methyl sites for hydroxylation is 1. The summed E-state index contributed by atoms with van der Waals surface area (Å²) in [6, 6.07) is -0.508. The first kappa shape index (κ1) is 18.3. The van der Waals surface area contributed by atoms with Gasteiger partial charge in [-0.3, -0.25) is 19.1 Å². The van der Waals surface area contributed by atoms with Crippen molar-refractivity contribution < 1.29 is 23.9 Å². The van der Waals surface area contributed by atoms with E-state index in [1.54, 1.807) is 7.05 Å². The number of nitrogens with one attached hydrogen (secondary N) is 1. The Kier molecular flexibility index (Phi) is 6.27. The number of Topliss-reactive ketones (excluding diaryl/α,β-unsaturated/α-hetero) is 1. The van der Waals surface area contributed by atoms with Gasteiger partial charge in [-0.2, -0.15) is 5.10 Å². The number of carbonyl (C=O) groups excluding carboxylic acids is 4. The molecule has 1 aliphatic heterocycles. The van der Waals surface area contributed by atoms with Gasteiger partial charge in [-0.05, 0) is 19.4 Å². The van der Waals surface area contributed by atoms with E-state index in [-0.39, 0.29) is 17.3 Å². The highest BCUT2D eigenvalue weighted by molar-refractivity contribution is 8.14. The molecule has 1 unspecified atom stereocenters.